The Morgan fingerprint density at radius 2 is 2.18 bits per heavy atom. The van der Waals surface area contributed by atoms with Gasteiger partial charge in [0.2, 0.25) is 5.65 Å². The van der Waals surface area contributed by atoms with Crippen molar-refractivity contribution in [3.63, 3.8) is 0 Å². The predicted molar refractivity (Wildman–Crippen MR) is 102 cm³/mol. The fraction of sp³-hybridized carbons (Fsp3) is 0.263. The highest BCUT2D eigenvalue weighted by molar-refractivity contribution is 5.74. The number of hydrogen-bond donors (Lipinski definition) is 0. The number of rotatable bonds is 6. The van der Waals surface area contributed by atoms with E-state index < -0.39 is 0 Å². The highest BCUT2D eigenvalue weighted by atomic mass is 16.5. The molecule has 140 valence electrons. The van der Waals surface area contributed by atoms with Crippen LogP contribution in [0.5, 0.6) is 0 Å². The maximum absolute atomic E-state index is 5.09. The number of pyridine rings is 1. The van der Waals surface area contributed by atoms with Gasteiger partial charge < -0.3 is 4.74 Å². The minimum absolute atomic E-state index is 0.528. The molecule has 0 fully saturated rings. The number of allylic oxidation sites excluding steroid dienone is 2. The summed E-state index contributed by atoms with van der Waals surface area (Å²) < 4.78 is 8.71. The van der Waals surface area contributed by atoms with Gasteiger partial charge in [-0.3, -0.25) is 9.67 Å². The molecule has 9 heteroatoms. The van der Waals surface area contributed by atoms with Crippen molar-refractivity contribution in [1.82, 2.24) is 39.7 Å². The topological polar surface area (TPSA) is 96.4 Å². The van der Waals surface area contributed by atoms with Crippen LogP contribution < -0.4 is 0 Å². The number of nitrogens with zero attached hydrogens (tertiary/aromatic N) is 8. The van der Waals surface area contributed by atoms with Crippen molar-refractivity contribution in [1.29, 1.82) is 0 Å². The summed E-state index contributed by atoms with van der Waals surface area (Å²) in [6.07, 6.45) is 10.3. The van der Waals surface area contributed by atoms with Crippen LogP contribution in [0.25, 0.3) is 28.1 Å². The zero-order valence-corrected chi connectivity index (χ0v) is 15.4. The molecule has 0 spiro atoms. The number of fused-ring (bicyclic) bond motifs is 2. The van der Waals surface area contributed by atoms with Gasteiger partial charge in [-0.1, -0.05) is 17.4 Å². The van der Waals surface area contributed by atoms with Gasteiger partial charge in [-0.2, -0.15) is 5.10 Å². The van der Waals surface area contributed by atoms with Crippen LogP contribution in [0.15, 0.2) is 43.0 Å². The molecule has 0 unspecified atom stereocenters. The third kappa shape index (κ3) is 2.95. The van der Waals surface area contributed by atoms with Crippen molar-refractivity contribution in [2.75, 3.05) is 13.7 Å². The summed E-state index contributed by atoms with van der Waals surface area (Å²) in [4.78, 5) is 13.6. The highest BCUT2D eigenvalue weighted by Crippen LogP contribution is 2.27. The molecule has 0 atom stereocenters. The lowest BCUT2D eigenvalue weighted by Gasteiger charge is -2.06. The molecule has 4 aromatic heterocycles. The third-order valence-electron chi connectivity index (χ3n) is 4.78. The van der Waals surface area contributed by atoms with Gasteiger partial charge in [-0.15, -0.1) is 5.10 Å². The Morgan fingerprint density at radius 3 is 3.11 bits per heavy atom. The summed E-state index contributed by atoms with van der Waals surface area (Å²) in [5.41, 5.74) is 6.25. The van der Waals surface area contributed by atoms with Gasteiger partial charge in [-0.25, -0.2) is 14.6 Å². The first-order valence-corrected chi connectivity index (χ1v) is 9.03. The van der Waals surface area contributed by atoms with E-state index in [0.29, 0.717) is 31.0 Å². The van der Waals surface area contributed by atoms with Crippen LogP contribution in [0.3, 0.4) is 0 Å². The molecule has 1 aliphatic carbocycles. The van der Waals surface area contributed by atoms with Crippen molar-refractivity contribution >= 4 is 16.9 Å². The quantitative estimate of drug-likeness (QED) is 0.507. The summed E-state index contributed by atoms with van der Waals surface area (Å²) in [5, 5.41) is 12.8. The standard InChI is InChI=1S/C19H18N8O/c1-28-8-7-26-11-14(9-22-26)17-10-21-18-19(23-17)27(25-24-18)12-13-4-5-16-15(13)3-2-6-20-16/h2-4,6,9-11H,5,7-8,12H2,1H3. The van der Waals surface area contributed by atoms with Crippen LogP contribution in [0.2, 0.25) is 0 Å². The van der Waals surface area contributed by atoms with E-state index in [1.54, 1.807) is 24.2 Å². The van der Waals surface area contributed by atoms with E-state index in [9.17, 15) is 0 Å². The van der Waals surface area contributed by atoms with E-state index >= 15 is 0 Å². The van der Waals surface area contributed by atoms with Crippen molar-refractivity contribution in [2.45, 2.75) is 19.5 Å². The molecule has 0 amide bonds. The second-order valence-corrected chi connectivity index (χ2v) is 6.57. The second-order valence-electron chi connectivity index (χ2n) is 6.57. The molecule has 4 heterocycles. The number of aromatic nitrogens is 8. The van der Waals surface area contributed by atoms with Crippen LogP contribution in [-0.2, 0) is 24.2 Å². The van der Waals surface area contributed by atoms with Crippen LogP contribution in [-0.4, -0.2) is 53.4 Å². The molecule has 9 nitrogen and oxygen atoms in total. The van der Waals surface area contributed by atoms with Gasteiger partial charge in [0.15, 0.2) is 5.65 Å². The van der Waals surface area contributed by atoms with E-state index in [1.165, 1.54) is 5.57 Å². The summed E-state index contributed by atoms with van der Waals surface area (Å²) in [5.74, 6) is 0. The molecule has 0 N–H and O–H groups in total. The van der Waals surface area contributed by atoms with Gasteiger partial charge >= 0.3 is 0 Å². The van der Waals surface area contributed by atoms with Crippen LogP contribution in [0, 0.1) is 0 Å². The normalized spacial score (nSPS) is 13.1. The Hall–Kier alpha value is -3.46. The van der Waals surface area contributed by atoms with Gasteiger partial charge in [0.05, 0.1) is 43.5 Å². The zero-order valence-electron chi connectivity index (χ0n) is 15.4. The Bertz CT molecular complexity index is 1180. The Morgan fingerprint density at radius 1 is 1.21 bits per heavy atom. The smallest absolute Gasteiger partial charge is 0.221 e. The third-order valence-corrected chi connectivity index (χ3v) is 4.78. The second kappa shape index (κ2) is 6.93. The first kappa shape index (κ1) is 16.7. The number of hydrogen-bond acceptors (Lipinski definition) is 7. The van der Waals surface area contributed by atoms with Gasteiger partial charge in [-0.05, 0) is 11.6 Å². The molecule has 0 aliphatic heterocycles. The molecule has 1 aliphatic rings. The molecule has 28 heavy (non-hydrogen) atoms. The molecule has 4 aromatic rings. The highest BCUT2D eigenvalue weighted by Gasteiger charge is 2.18. The Balaban J connectivity index is 1.45. The molecular weight excluding hydrogens is 356 g/mol. The average Bonchev–Trinajstić information content (AvgIpc) is 3.46. The van der Waals surface area contributed by atoms with E-state index in [0.717, 1.165) is 28.9 Å². The molecule has 5 rings (SSSR count). The van der Waals surface area contributed by atoms with Crippen molar-refractivity contribution in [3.05, 3.63) is 54.3 Å². The summed E-state index contributed by atoms with van der Waals surface area (Å²) in [6, 6.07) is 4.04. The summed E-state index contributed by atoms with van der Waals surface area (Å²) in [7, 11) is 1.67. The number of ether oxygens (including phenoxy) is 1. The van der Waals surface area contributed by atoms with Crippen molar-refractivity contribution < 1.29 is 4.74 Å². The zero-order chi connectivity index (χ0) is 18.9. The molecular formula is C19H18N8O. The Labute approximate surface area is 160 Å². The van der Waals surface area contributed by atoms with Gasteiger partial charge in [0, 0.05) is 37.1 Å². The van der Waals surface area contributed by atoms with Crippen molar-refractivity contribution in [3.8, 4) is 11.3 Å². The molecule has 0 bridgehead atoms. The number of methoxy groups -OCH3 is 1. The molecule has 0 radical (unpaired) electrons. The van der Waals surface area contributed by atoms with Crippen molar-refractivity contribution in [2.24, 2.45) is 0 Å². The van der Waals surface area contributed by atoms with Gasteiger partial charge in [0.1, 0.15) is 0 Å². The largest absolute Gasteiger partial charge is 0.383 e. The minimum atomic E-state index is 0.528. The first-order chi connectivity index (χ1) is 13.8. The van der Waals surface area contributed by atoms with E-state index in [4.69, 9.17) is 9.72 Å². The minimum Gasteiger partial charge on any atom is -0.383 e. The van der Waals surface area contributed by atoms with Crippen LogP contribution in [0.4, 0.5) is 0 Å². The molecule has 0 aromatic carbocycles. The van der Waals surface area contributed by atoms with Crippen LogP contribution >= 0.6 is 0 Å². The first-order valence-electron chi connectivity index (χ1n) is 9.03. The van der Waals surface area contributed by atoms with E-state index in [-0.39, 0.29) is 0 Å². The SMILES string of the molecule is COCCn1cc(-c2cnc3nnn(CC4=CCc5ncccc54)c3n2)cn1. The van der Waals surface area contributed by atoms with Crippen LogP contribution in [0.1, 0.15) is 11.3 Å². The lowest BCUT2D eigenvalue weighted by atomic mass is 10.1. The Kier molecular flexibility index (Phi) is 4.13. The maximum atomic E-state index is 5.09. The monoisotopic (exact) mass is 374 g/mol. The van der Waals surface area contributed by atoms with Gasteiger partial charge in [0.25, 0.3) is 0 Å². The molecule has 0 saturated heterocycles. The van der Waals surface area contributed by atoms with E-state index in [1.807, 2.05) is 23.1 Å². The maximum Gasteiger partial charge on any atom is 0.221 e. The summed E-state index contributed by atoms with van der Waals surface area (Å²) in [6.45, 7) is 1.88. The van der Waals surface area contributed by atoms with E-state index in [2.05, 4.69) is 37.5 Å². The summed E-state index contributed by atoms with van der Waals surface area (Å²) >= 11 is 0. The lowest BCUT2D eigenvalue weighted by Crippen LogP contribution is -2.04. The fourth-order valence-corrected chi connectivity index (χ4v) is 3.34. The fourth-order valence-electron chi connectivity index (χ4n) is 3.34. The lowest BCUT2D eigenvalue weighted by molar-refractivity contribution is 0.183. The average molecular weight is 374 g/mol. The predicted octanol–water partition coefficient (Wildman–Crippen LogP) is 1.77. The molecule has 0 saturated carbocycles.